The summed E-state index contributed by atoms with van der Waals surface area (Å²) < 4.78 is 5.48. The minimum Gasteiger partial charge on any atom is -0.466 e. The summed E-state index contributed by atoms with van der Waals surface area (Å²) in [5, 5.41) is 23.2. The maximum atomic E-state index is 12.5. The number of carbonyl (C=O) groups excluding carboxylic acids is 2. The quantitative estimate of drug-likeness (QED) is 0.0321. The molecule has 70 heavy (non-hydrogen) atoms. The highest BCUT2D eigenvalue weighted by molar-refractivity contribution is 5.76. The molecule has 6 nitrogen and oxygen atoms in total. The van der Waals surface area contributed by atoms with Crippen LogP contribution in [0.25, 0.3) is 0 Å². The molecule has 0 heterocycles. The van der Waals surface area contributed by atoms with Gasteiger partial charge in [0.05, 0.1) is 25.4 Å². The Kier molecular flexibility index (Phi) is 58.5. The predicted molar refractivity (Wildman–Crippen MR) is 306 cm³/mol. The lowest BCUT2D eigenvalue weighted by atomic mass is 10.0. The van der Waals surface area contributed by atoms with Crippen LogP contribution in [0.1, 0.15) is 348 Å². The maximum absolute atomic E-state index is 12.5. The number of ether oxygens (including phenoxy) is 1. The molecule has 0 spiro atoms. The molecule has 0 aromatic heterocycles. The lowest BCUT2D eigenvalue weighted by Crippen LogP contribution is -2.45. The van der Waals surface area contributed by atoms with Gasteiger partial charge in [-0.3, -0.25) is 9.59 Å². The zero-order chi connectivity index (χ0) is 50.7. The molecule has 0 saturated heterocycles. The number of unbranched alkanes of at least 4 members (excludes halogenated alkanes) is 46. The van der Waals surface area contributed by atoms with Gasteiger partial charge in [0.25, 0.3) is 0 Å². The molecule has 2 atom stereocenters. The van der Waals surface area contributed by atoms with Crippen LogP contribution in [0.3, 0.4) is 0 Å². The van der Waals surface area contributed by atoms with Gasteiger partial charge in [-0.2, -0.15) is 0 Å². The molecule has 0 aliphatic carbocycles. The number of aliphatic hydroxyl groups is 2. The third kappa shape index (κ3) is 55.7. The monoisotopic (exact) mass is 986 g/mol. The van der Waals surface area contributed by atoms with Crippen LogP contribution in [0.15, 0.2) is 24.3 Å². The average Bonchev–Trinajstić information content (AvgIpc) is 3.36. The number of nitrogens with one attached hydrogen (secondary N) is 1. The fraction of sp³-hybridized carbons (Fsp3) is 0.906. The van der Waals surface area contributed by atoms with Gasteiger partial charge < -0.3 is 20.3 Å². The standard InChI is InChI=1S/C64H123NO5/c1-3-5-7-9-11-13-15-17-19-20-26-29-32-36-40-44-48-52-56-62(67)61(60-66)65-63(68)57-53-49-45-41-37-33-30-27-24-22-21-23-25-28-31-35-39-43-47-51-55-59-70-64(69)58-54-50-46-42-38-34-18-16-14-12-10-8-6-4-2/h22,24,52,56,61-62,66-67H,3-21,23,25-51,53-55,57-60H2,1-2H3,(H,65,68)/b24-22-,56-52+. The summed E-state index contributed by atoms with van der Waals surface area (Å²) in [6, 6.07) is -0.634. The van der Waals surface area contributed by atoms with E-state index in [-0.39, 0.29) is 18.5 Å². The number of amides is 1. The highest BCUT2D eigenvalue weighted by Crippen LogP contribution is 2.17. The molecule has 0 radical (unpaired) electrons. The van der Waals surface area contributed by atoms with Gasteiger partial charge in [0.1, 0.15) is 0 Å². The van der Waals surface area contributed by atoms with Crippen LogP contribution in [-0.4, -0.2) is 47.4 Å². The van der Waals surface area contributed by atoms with Crippen LogP contribution >= 0.6 is 0 Å². The lowest BCUT2D eigenvalue weighted by molar-refractivity contribution is -0.143. The van der Waals surface area contributed by atoms with E-state index < -0.39 is 12.1 Å². The Balaban J connectivity index is 3.44. The summed E-state index contributed by atoms with van der Waals surface area (Å²) in [5.74, 6) is -0.0629. The normalized spacial score (nSPS) is 12.7. The van der Waals surface area contributed by atoms with E-state index in [4.69, 9.17) is 4.74 Å². The van der Waals surface area contributed by atoms with E-state index in [1.807, 2.05) is 6.08 Å². The van der Waals surface area contributed by atoms with Crippen molar-refractivity contribution in [2.45, 2.75) is 360 Å². The van der Waals surface area contributed by atoms with Crippen molar-refractivity contribution in [1.82, 2.24) is 5.32 Å². The van der Waals surface area contributed by atoms with Crippen LogP contribution in [0.2, 0.25) is 0 Å². The third-order valence-electron chi connectivity index (χ3n) is 14.7. The smallest absolute Gasteiger partial charge is 0.305 e. The molecule has 0 bridgehead atoms. The predicted octanol–water partition coefficient (Wildman–Crippen LogP) is 19.8. The molecule has 1 amide bonds. The first-order valence-electron chi connectivity index (χ1n) is 31.6. The SMILES string of the molecule is CCCCCCCCCCCCCCCCCC/C=C/C(O)C(CO)NC(=O)CCCCCCCCC/C=C\CCCCCCCCCCCCOC(=O)CCCCCCCCCCCCCCCC. The van der Waals surface area contributed by atoms with Gasteiger partial charge in [0.2, 0.25) is 5.91 Å². The Labute approximate surface area is 437 Å². The van der Waals surface area contributed by atoms with Gasteiger partial charge in [-0.25, -0.2) is 0 Å². The van der Waals surface area contributed by atoms with Gasteiger partial charge in [-0.15, -0.1) is 0 Å². The van der Waals surface area contributed by atoms with Gasteiger partial charge >= 0.3 is 5.97 Å². The molecule has 6 heteroatoms. The first kappa shape index (κ1) is 68.3. The highest BCUT2D eigenvalue weighted by Gasteiger charge is 2.18. The molecule has 0 aliphatic heterocycles. The molecule has 0 aliphatic rings. The molecule has 414 valence electrons. The van der Waals surface area contributed by atoms with Gasteiger partial charge in [0.15, 0.2) is 0 Å². The Morgan fingerprint density at radius 2 is 0.671 bits per heavy atom. The average molecular weight is 987 g/mol. The zero-order valence-electron chi connectivity index (χ0n) is 47.3. The van der Waals surface area contributed by atoms with Crippen molar-refractivity contribution in [2.75, 3.05) is 13.2 Å². The molecule has 0 aromatic carbocycles. The van der Waals surface area contributed by atoms with Crippen molar-refractivity contribution in [3.05, 3.63) is 24.3 Å². The Morgan fingerprint density at radius 3 is 1.01 bits per heavy atom. The van der Waals surface area contributed by atoms with E-state index in [1.165, 1.54) is 276 Å². The van der Waals surface area contributed by atoms with Crippen LogP contribution in [0.4, 0.5) is 0 Å². The lowest BCUT2D eigenvalue weighted by Gasteiger charge is -2.20. The minimum absolute atomic E-state index is 0.0103. The van der Waals surface area contributed by atoms with E-state index >= 15 is 0 Å². The first-order valence-corrected chi connectivity index (χ1v) is 31.6. The first-order chi connectivity index (χ1) is 34.5. The van der Waals surface area contributed by atoms with Crippen LogP contribution in [0.5, 0.6) is 0 Å². The van der Waals surface area contributed by atoms with E-state index in [9.17, 15) is 19.8 Å². The van der Waals surface area contributed by atoms with E-state index in [1.54, 1.807) is 6.08 Å². The molecule has 3 N–H and O–H groups in total. The second-order valence-corrected chi connectivity index (χ2v) is 21.7. The number of hydrogen-bond acceptors (Lipinski definition) is 5. The van der Waals surface area contributed by atoms with Crippen molar-refractivity contribution < 1.29 is 24.5 Å². The van der Waals surface area contributed by atoms with Crippen molar-refractivity contribution in [2.24, 2.45) is 0 Å². The summed E-state index contributed by atoms with van der Waals surface area (Å²) in [7, 11) is 0. The van der Waals surface area contributed by atoms with Gasteiger partial charge in [-0.1, -0.05) is 301 Å². The third-order valence-corrected chi connectivity index (χ3v) is 14.7. The number of aliphatic hydroxyl groups excluding tert-OH is 2. The van der Waals surface area contributed by atoms with Crippen molar-refractivity contribution in [3.63, 3.8) is 0 Å². The molecule has 0 saturated carbocycles. The summed E-state index contributed by atoms with van der Waals surface area (Å²) in [6.45, 7) is 4.92. The summed E-state index contributed by atoms with van der Waals surface area (Å²) in [6.07, 6.45) is 73.6. The van der Waals surface area contributed by atoms with Crippen LogP contribution < -0.4 is 5.32 Å². The van der Waals surface area contributed by atoms with Crippen LogP contribution in [-0.2, 0) is 14.3 Å². The fourth-order valence-electron chi connectivity index (χ4n) is 9.87. The van der Waals surface area contributed by atoms with Crippen molar-refractivity contribution in [3.8, 4) is 0 Å². The molecule has 0 aromatic rings. The molecular weight excluding hydrogens is 863 g/mol. The number of hydrogen-bond donors (Lipinski definition) is 3. The number of carbonyl (C=O) groups is 2. The largest absolute Gasteiger partial charge is 0.466 e. The highest BCUT2D eigenvalue weighted by atomic mass is 16.5. The van der Waals surface area contributed by atoms with Crippen molar-refractivity contribution in [1.29, 1.82) is 0 Å². The van der Waals surface area contributed by atoms with E-state index in [0.717, 1.165) is 44.9 Å². The van der Waals surface area contributed by atoms with E-state index in [2.05, 4.69) is 31.3 Å². The second-order valence-electron chi connectivity index (χ2n) is 21.7. The number of allylic oxidation sites excluding steroid dienone is 3. The maximum Gasteiger partial charge on any atom is 0.305 e. The van der Waals surface area contributed by atoms with Crippen molar-refractivity contribution >= 4 is 11.9 Å². The number of rotatable bonds is 59. The van der Waals surface area contributed by atoms with Crippen LogP contribution in [0, 0.1) is 0 Å². The minimum atomic E-state index is -0.849. The Bertz CT molecular complexity index is 1090. The van der Waals surface area contributed by atoms with Gasteiger partial charge in [0, 0.05) is 12.8 Å². The topological polar surface area (TPSA) is 95.9 Å². The fourth-order valence-corrected chi connectivity index (χ4v) is 9.87. The summed E-state index contributed by atoms with van der Waals surface area (Å²) in [5.41, 5.74) is 0. The Morgan fingerprint density at radius 1 is 0.386 bits per heavy atom. The zero-order valence-corrected chi connectivity index (χ0v) is 47.3. The van der Waals surface area contributed by atoms with E-state index in [0.29, 0.717) is 19.4 Å². The summed E-state index contributed by atoms with van der Waals surface area (Å²) >= 11 is 0. The molecule has 0 fully saturated rings. The molecular formula is C64H123NO5. The van der Waals surface area contributed by atoms with Gasteiger partial charge in [-0.05, 0) is 57.8 Å². The summed E-state index contributed by atoms with van der Waals surface area (Å²) in [4.78, 5) is 24.5. The number of esters is 1. The second kappa shape index (κ2) is 59.9. The Hall–Kier alpha value is -1.66. The molecule has 2 unspecified atom stereocenters. The molecule has 0 rings (SSSR count).